The van der Waals surface area contributed by atoms with E-state index in [9.17, 15) is 14.7 Å². The molecule has 75 heavy (non-hydrogen) atoms. The SMILES string of the molecule is CC/C=C\C/C=C\C/C=C\C/C=C\C/C=C\C/C=C\C/C=C\CCCCCCCCCCCCCCCCCCCC(=O)OC(CO)COC(=O)CCCCCCCCCCCCCCCCCCCCCCCC. The van der Waals surface area contributed by atoms with Gasteiger partial charge >= 0.3 is 11.9 Å². The molecule has 5 nitrogen and oxygen atoms in total. The van der Waals surface area contributed by atoms with E-state index in [0.717, 1.165) is 83.5 Å². The maximum absolute atomic E-state index is 12.3. The zero-order valence-electron chi connectivity index (χ0n) is 49.8. The van der Waals surface area contributed by atoms with Crippen LogP contribution >= 0.6 is 0 Å². The number of hydrogen-bond acceptors (Lipinski definition) is 5. The number of allylic oxidation sites excluding steroid dienone is 14. The average molecular weight is 1050 g/mol. The van der Waals surface area contributed by atoms with Crippen molar-refractivity contribution in [2.75, 3.05) is 13.2 Å². The smallest absolute Gasteiger partial charge is 0.306 e. The second-order valence-corrected chi connectivity index (χ2v) is 21.8. The first-order valence-corrected chi connectivity index (χ1v) is 32.6. The Bertz CT molecular complexity index is 1370. The molecule has 1 N–H and O–H groups in total. The van der Waals surface area contributed by atoms with E-state index in [1.54, 1.807) is 0 Å². The van der Waals surface area contributed by atoms with Gasteiger partial charge < -0.3 is 14.6 Å². The molecule has 434 valence electrons. The van der Waals surface area contributed by atoms with Gasteiger partial charge in [0.15, 0.2) is 6.10 Å². The summed E-state index contributed by atoms with van der Waals surface area (Å²) in [5.41, 5.74) is 0. The number of esters is 2. The van der Waals surface area contributed by atoms with Crippen LogP contribution in [0.3, 0.4) is 0 Å². The Morgan fingerprint density at radius 1 is 0.320 bits per heavy atom. The summed E-state index contributed by atoms with van der Waals surface area (Å²) in [6, 6.07) is 0. The van der Waals surface area contributed by atoms with Gasteiger partial charge in [-0.2, -0.15) is 0 Å². The van der Waals surface area contributed by atoms with Gasteiger partial charge in [0.05, 0.1) is 6.61 Å². The lowest BCUT2D eigenvalue weighted by atomic mass is 10.0. The third kappa shape index (κ3) is 63.5. The van der Waals surface area contributed by atoms with Crippen molar-refractivity contribution in [1.82, 2.24) is 0 Å². The predicted octanol–water partition coefficient (Wildman–Crippen LogP) is 22.5. The Hall–Kier alpha value is -2.92. The van der Waals surface area contributed by atoms with E-state index in [2.05, 4.69) is 98.9 Å². The molecule has 0 radical (unpaired) electrons. The van der Waals surface area contributed by atoms with Gasteiger partial charge in [0.2, 0.25) is 0 Å². The summed E-state index contributed by atoms with van der Waals surface area (Å²) in [6.07, 6.45) is 91.7. The Morgan fingerprint density at radius 2 is 0.573 bits per heavy atom. The Labute approximate surface area is 466 Å². The third-order valence-corrected chi connectivity index (χ3v) is 14.5. The summed E-state index contributed by atoms with van der Waals surface area (Å²) in [7, 11) is 0. The van der Waals surface area contributed by atoms with Crippen LogP contribution in [0, 0.1) is 0 Å². The Morgan fingerprint density at radius 3 is 0.867 bits per heavy atom. The van der Waals surface area contributed by atoms with Crippen molar-refractivity contribution >= 4 is 11.9 Å². The molecule has 0 amide bonds. The Kier molecular flexibility index (Phi) is 62.8. The third-order valence-electron chi connectivity index (χ3n) is 14.5. The van der Waals surface area contributed by atoms with E-state index < -0.39 is 6.10 Å². The maximum Gasteiger partial charge on any atom is 0.306 e. The van der Waals surface area contributed by atoms with E-state index in [-0.39, 0.29) is 25.2 Å². The van der Waals surface area contributed by atoms with Crippen molar-refractivity contribution in [1.29, 1.82) is 0 Å². The zero-order valence-corrected chi connectivity index (χ0v) is 49.8. The van der Waals surface area contributed by atoms with Crippen molar-refractivity contribution in [3.63, 3.8) is 0 Å². The highest BCUT2D eigenvalue weighted by molar-refractivity contribution is 5.70. The summed E-state index contributed by atoms with van der Waals surface area (Å²) < 4.78 is 10.7. The highest BCUT2D eigenvalue weighted by Crippen LogP contribution is 2.18. The summed E-state index contributed by atoms with van der Waals surface area (Å²) in [5.74, 6) is -0.574. The normalized spacial score (nSPS) is 12.7. The van der Waals surface area contributed by atoms with Crippen LogP contribution in [0.2, 0.25) is 0 Å². The first kappa shape index (κ1) is 72.1. The summed E-state index contributed by atoms with van der Waals surface area (Å²) in [6.45, 7) is 4.07. The molecule has 0 fully saturated rings. The molecule has 0 bridgehead atoms. The number of aliphatic hydroxyl groups excluding tert-OH is 1. The van der Waals surface area contributed by atoms with Gasteiger partial charge in [0, 0.05) is 12.8 Å². The number of carbonyl (C=O) groups excluding carboxylic acids is 2. The number of unbranched alkanes of at least 4 members (excludes halogenated alkanes) is 38. The van der Waals surface area contributed by atoms with Crippen LogP contribution in [-0.4, -0.2) is 36.4 Å². The van der Waals surface area contributed by atoms with E-state index in [1.165, 1.54) is 218 Å². The standard InChI is InChI=1S/C70H124O5/c1-3-5-7-9-11-13-15-17-19-21-23-25-27-28-29-30-31-32-33-34-35-36-37-38-39-40-41-42-43-45-47-49-51-53-55-57-59-61-63-65-70(73)75-68(66-71)67-74-69(72)64-62-60-58-56-54-52-50-48-46-44-26-24-22-20-18-16-14-12-10-8-6-4-2/h5,7,11,13,17,19,23,25,28-29,31-32,34-35,68,71H,3-4,6,8-10,12,14-16,18,20-22,24,26-27,30,33,36-67H2,1-2H3/b7-5-,13-11-,19-17-,25-23-,29-28-,32-31-,35-34-. The highest BCUT2D eigenvalue weighted by Gasteiger charge is 2.16. The molecule has 1 atom stereocenters. The molecule has 0 aliphatic heterocycles. The largest absolute Gasteiger partial charge is 0.462 e. The molecule has 0 aliphatic carbocycles. The summed E-state index contributed by atoms with van der Waals surface area (Å²) in [5, 5.41) is 9.68. The van der Waals surface area contributed by atoms with Crippen LogP contribution in [-0.2, 0) is 19.1 Å². The maximum atomic E-state index is 12.3. The molecule has 0 spiro atoms. The van der Waals surface area contributed by atoms with E-state index in [1.807, 2.05) is 0 Å². The second-order valence-electron chi connectivity index (χ2n) is 21.8. The van der Waals surface area contributed by atoms with Crippen LogP contribution in [0.1, 0.15) is 328 Å². The molecule has 1 unspecified atom stereocenters. The minimum Gasteiger partial charge on any atom is -0.462 e. The lowest BCUT2D eigenvalue weighted by Gasteiger charge is -2.15. The number of rotatable bonds is 60. The fourth-order valence-electron chi connectivity index (χ4n) is 9.60. The zero-order chi connectivity index (χ0) is 54.1. The minimum absolute atomic E-state index is 0.0623. The highest BCUT2D eigenvalue weighted by atomic mass is 16.6. The number of ether oxygens (including phenoxy) is 2. The lowest BCUT2D eigenvalue weighted by molar-refractivity contribution is -0.161. The van der Waals surface area contributed by atoms with Crippen molar-refractivity contribution in [3.8, 4) is 0 Å². The van der Waals surface area contributed by atoms with Crippen LogP contribution in [0.15, 0.2) is 85.1 Å². The molecule has 0 saturated heterocycles. The number of aliphatic hydroxyl groups is 1. The molecule has 0 aromatic carbocycles. The quantitative estimate of drug-likeness (QED) is 0.0373. The molecule has 0 aromatic heterocycles. The van der Waals surface area contributed by atoms with Gasteiger partial charge in [0.25, 0.3) is 0 Å². The van der Waals surface area contributed by atoms with Gasteiger partial charge in [-0.3, -0.25) is 9.59 Å². The fourth-order valence-corrected chi connectivity index (χ4v) is 9.60. The number of hydrogen-bond donors (Lipinski definition) is 1. The first-order valence-electron chi connectivity index (χ1n) is 32.6. The number of carbonyl (C=O) groups is 2. The molecule has 0 aliphatic rings. The van der Waals surface area contributed by atoms with E-state index in [0.29, 0.717) is 12.8 Å². The molecule has 0 aromatic rings. The molecule has 0 saturated carbocycles. The summed E-state index contributed by atoms with van der Waals surface area (Å²) in [4.78, 5) is 24.6. The van der Waals surface area contributed by atoms with E-state index in [4.69, 9.17) is 9.47 Å². The molecule has 0 heterocycles. The van der Waals surface area contributed by atoms with Crippen LogP contribution in [0.5, 0.6) is 0 Å². The van der Waals surface area contributed by atoms with Crippen LogP contribution in [0.4, 0.5) is 0 Å². The monoisotopic (exact) mass is 1040 g/mol. The van der Waals surface area contributed by atoms with Gasteiger partial charge in [-0.15, -0.1) is 0 Å². The molecular weight excluding hydrogens is 921 g/mol. The first-order chi connectivity index (χ1) is 37.1. The topological polar surface area (TPSA) is 72.8 Å². The van der Waals surface area contributed by atoms with Crippen LogP contribution in [0.25, 0.3) is 0 Å². The lowest BCUT2D eigenvalue weighted by Crippen LogP contribution is -2.28. The van der Waals surface area contributed by atoms with Crippen molar-refractivity contribution in [2.24, 2.45) is 0 Å². The second kappa shape index (κ2) is 65.4. The minimum atomic E-state index is -0.773. The molecule has 0 rings (SSSR count). The van der Waals surface area contributed by atoms with Crippen LogP contribution < -0.4 is 0 Å². The van der Waals surface area contributed by atoms with Crippen molar-refractivity contribution in [3.05, 3.63) is 85.1 Å². The fraction of sp³-hybridized carbons (Fsp3) is 0.771. The van der Waals surface area contributed by atoms with Gasteiger partial charge in [-0.05, 0) is 70.6 Å². The Balaban J connectivity index is 3.45. The van der Waals surface area contributed by atoms with Gasteiger partial charge in [0.1, 0.15) is 6.61 Å². The van der Waals surface area contributed by atoms with Gasteiger partial charge in [-0.1, -0.05) is 330 Å². The predicted molar refractivity (Wildman–Crippen MR) is 329 cm³/mol. The van der Waals surface area contributed by atoms with Crippen molar-refractivity contribution in [2.45, 2.75) is 335 Å². The van der Waals surface area contributed by atoms with E-state index >= 15 is 0 Å². The average Bonchev–Trinajstić information content (AvgIpc) is 3.41. The van der Waals surface area contributed by atoms with Gasteiger partial charge in [-0.25, -0.2) is 0 Å². The molecular formula is C70H124O5. The summed E-state index contributed by atoms with van der Waals surface area (Å²) >= 11 is 0. The molecule has 5 heteroatoms. The van der Waals surface area contributed by atoms with Crippen molar-refractivity contribution < 1.29 is 24.2 Å².